The number of rotatable bonds is 4. The van der Waals surface area contributed by atoms with Gasteiger partial charge in [-0.2, -0.15) is 5.10 Å². The first kappa shape index (κ1) is 15.1. The number of amides is 2. The molecule has 2 amide bonds. The van der Waals surface area contributed by atoms with Crippen LogP contribution >= 0.6 is 0 Å². The molecule has 2 aromatic rings. The molecule has 1 saturated heterocycles. The second kappa shape index (κ2) is 6.16. The van der Waals surface area contributed by atoms with Gasteiger partial charge < -0.3 is 0 Å². The minimum Gasteiger partial charge on any atom is -0.296 e. The van der Waals surface area contributed by atoms with Crippen molar-refractivity contribution >= 4 is 17.6 Å². The SMILES string of the molecule is Cc1cc(C(=O)CC2CCC(=O)NC2=O)nn1-c1ccccc1. The molecule has 0 radical (unpaired) electrons. The number of nitrogens with zero attached hydrogens (tertiary/aromatic N) is 2. The van der Waals surface area contributed by atoms with E-state index in [0.717, 1.165) is 11.4 Å². The van der Waals surface area contributed by atoms with E-state index in [1.165, 1.54) is 0 Å². The summed E-state index contributed by atoms with van der Waals surface area (Å²) >= 11 is 0. The highest BCUT2D eigenvalue weighted by Gasteiger charge is 2.29. The molecule has 0 bridgehead atoms. The van der Waals surface area contributed by atoms with Crippen LogP contribution in [0.4, 0.5) is 0 Å². The van der Waals surface area contributed by atoms with E-state index < -0.39 is 5.92 Å². The summed E-state index contributed by atoms with van der Waals surface area (Å²) in [5.74, 6) is -1.28. The Morgan fingerprint density at radius 2 is 2.04 bits per heavy atom. The highest BCUT2D eigenvalue weighted by Crippen LogP contribution is 2.20. The molecule has 0 spiro atoms. The lowest BCUT2D eigenvalue weighted by atomic mass is 9.92. The molecule has 1 aliphatic heterocycles. The van der Waals surface area contributed by atoms with Crippen molar-refractivity contribution in [3.63, 3.8) is 0 Å². The number of hydrogen-bond donors (Lipinski definition) is 1. The Hall–Kier alpha value is -2.76. The first-order valence-electron chi connectivity index (χ1n) is 7.53. The maximum atomic E-state index is 12.4. The fourth-order valence-corrected chi connectivity index (χ4v) is 2.70. The van der Waals surface area contributed by atoms with Crippen molar-refractivity contribution in [2.75, 3.05) is 0 Å². The topological polar surface area (TPSA) is 81.1 Å². The third-order valence-corrected chi connectivity index (χ3v) is 3.96. The van der Waals surface area contributed by atoms with Crippen LogP contribution < -0.4 is 5.32 Å². The Kier molecular flexibility index (Phi) is 4.06. The Labute approximate surface area is 133 Å². The average Bonchev–Trinajstić information content (AvgIpc) is 2.93. The Balaban J connectivity index is 1.76. The molecule has 1 unspecified atom stereocenters. The number of imide groups is 1. The summed E-state index contributed by atoms with van der Waals surface area (Å²) in [5.41, 5.74) is 2.07. The Bertz CT molecular complexity index is 765. The van der Waals surface area contributed by atoms with Crippen molar-refractivity contribution in [3.05, 3.63) is 47.8 Å². The number of aryl methyl sites for hydroxylation is 1. The second-order valence-electron chi connectivity index (χ2n) is 5.69. The number of Topliss-reactive ketones (excluding diaryl/α,β-unsaturated/α-hetero) is 1. The molecule has 1 atom stereocenters. The van der Waals surface area contributed by atoms with Crippen LogP contribution in [0.2, 0.25) is 0 Å². The van der Waals surface area contributed by atoms with Crippen molar-refractivity contribution in [2.45, 2.75) is 26.2 Å². The fraction of sp³-hybridized carbons (Fsp3) is 0.294. The van der Waals surface area contributed by atoms with Gasteiger partial charge in [0.2, 0.25) is 11.8 Å². The largest absolute Gasteiger partial charge is 0.296 e. The predicted octanol–water partition coefficient (Wildman–Crippen LogP) is 1.81. The lowest BCUT2D eigenvalue weighted by Gasteiger charge is -2.19. The number of ketones is 1. The number of carbonyl (C=O) groups is 3. The molecule has 3 rings (SSSR count). The van der Waals surface area contributed by atoms with E-state index in [1.807, 2.05) is 37.3 Å². The lowest BCUT2D eigenvalue weighted by molar-refractivity contribution is -0.136. The zero-order valence-corrected chi connectivity index (χ0v) is 12.8. The molecule has 1 N–H and O–H groups in total. The van der Waals surface area contributed by atoms with Crippen LogP contribution in [0.3, 0.4) is 0 Å². The van der Waals surface area contributed by atoms with Crippen LogP contribution in [-0.4, -0.2) is 27.4 Å². The van der Waals surface area contributed by atoms with Crippen LogP contribution in [-0.2, 0) is 9.59 Å². The minimum absolute atomic E-state index is 0.0738. The lowest BCUT2D eigenvalue weighted by Crippen LogP contribution is -2.41. The van der Waals surface area contributed by atoms with Crippen molar-refractivity contribution in [3.8, 4) is 5.69 Å². The highest BCUT2D eigenvalue weighted by atomic mass is 16.2. The maximum Gasteiger partial charge on any atom is 0.230 e. The first-order valence-corrected chi connectivity index (χ1v) is 7.53. The molecule has 1 aliphatic rings. The fourth-order valence-electron chi connectivity index (χ4n) is 2.70. The van der Waals surface area contributed by atoms with Gasteiger partial charge in [-0.05, 0) is 31.5 Å². The number of aromatic nitrogens is 2. The van der Waals surface area contributed by atoms with Gasteiger partial charge in [0.1, 0.15) is 5.69 Å². The molecule has 6 nitrogen and oxygen atoms in total. The zero-order valence-electron chi connectivity index (χ0n) is 12.8. The van der Waals surface area contributed by atoms with E-state index in [-0.39, 0.29) is 30.4 Å². The third-order valence-electron chi connectivity index (χ3n) is 3.96. The zero-order chi connectivity index (χ0) is 16.4. The van der Waals surface area contributed by atoms with Gasteiger partial charge in [-0.25, -0.2) is 4.68 Å². The third kappa shape index (κ3) is 3.21. The van der Waals surface area contributed by atoms with E-state index in [2.05, 4.69) is 10.4 Å². The van der Waals surface area contributed by atoms with Crippen molar-refractivity contribution in [1.82, 2.24) is 15.1 Å². The number of benzene rings is 1. The highest BCUT2D eigenvalue weighted by molar-refractivity contribution is 6.02. The number of para-hydroxylation sites is 1. The van der Waals surface area contributed by atoms with Crippen LogP contribution in [0.25, 0.3) is 5.69 Å². The maximum absolute atomic E-state index is 12.4. The molecule has 6 heteroatoms. The summed E-state index contributed by atoms with van der Waals surface area (Å²) < 4.78 is 1.71. The van der Waals surface area contributed by atoms with Gasteiger partial charge in [-0.15, -0.1) is 0 Å². The summed E-state index contributed by atoms with van der Waals surface area (Å²) in [6.07, 6.45) is 0.764. The predicted molar refractivity (Wildman–Crippen MR) is 83.1 cm³/mol. The van der Waals surface area contributed by atoms with Gasteiger partial charge in [0.15, 0.2) is 5.78 Å². The van der Waals surface area contributed by atoms with Gasteiger partial charge in [0.25, 0.3) is 0 Å². The molecule has 0 saturated carbocycles. The summed E-state index contributed by atoms with van der Waals surface area (Å²) in [4.78, 5) is 35.3. The summed E-state index contributed by atoms with van der Waals surface area (Å²) in [5, 5.41) is 6.63. The molecule has 1 aromatic carbocycles. The summed E-state index contributed by atoms with van der Waals surface area (Å²) in [7, 11) is 0. The van der Waals surface area contributed by atoms with Crippen molar-refractivity contribution in [2.24, 2.45) is 5.92 Å². The van der Waals surface area contributed by atoms with E-state index in [1.54, 1.807) is 10.7 Å². The normalized spacial score (nSPS) is 17.9. The molecule has 2 heterocycles. The molecule has 23 heavy (non-hydrogen) atoms. The first-order chi connectivity index (χ1) is 11.0. The van der Waals surface area contributed by atoms with Gasteiger partial charge in [0.05, 0.1) is 5.69 Å². The molecule has 1 aromatic heterocycles. The summed E-state index contributed by atoms with van der Waals surface area (Å²) in [6.45, 7) is 1.88. The number of piperidine rings is 1. The van der Waals surface area contributed by atoms with Crippen LogP contribution in [0.1, 0.15) is 35.4 Å². The smallest absolute Gasteiger partial charge is 0.230 e. The van der Waals surface area contributed by atoms with Gasteiger partial charge in [-0.1, -0.05) is 18.2 Å². The monoisotopic (exact) mass is 311 g/mol. The standard InChI is InChI=1S/C17H17N3O3/c1-11-9-14(19-20(11)13-5-3-2-4-6-13)15(21)10-12-7-8-16(22)18-17(12)23/h2-6,9,12H,7-8,10H2,1H3,(H,18,22,23). The quantitative estimate of drug-likeness (QED) is 0.689. The van der Waals surface area contributed by atoms with Crippen molar-refractivity contribution < 1.29 is 14.4 Å². The van der Waals surface area contributed by atoms with Crippen molar-refractivity contribution in [1.29, 1.82) is 0 Å². The Morgan fingerprint density at radius 3 is 2.74 bits per heavy atom. The minimum atomic E-state index is -0.456. The van der Waals surface area contributed by atoms with Crippen LogP contribution in [0, 0.1) is 12.8 Å². The van der Waals surface area contributed by atoms with Gasteiger partial charge >= 0.3 is 0 Å². The van der Waals surface area contributed by atoms with E-state index in [9.17, 15) is 14.4 Å². The van der Waals surface area contributed by atoms with E-state index in [4.69, 9.17) is 0 Å². The Morgan fingerprint density at radius 1 is 1.30 bits per heavy atom. The van der Waals surface area contributed by atoms with Gasteiger partial charge in [0, 0.05) is 24.5 Å². The van der Waals surface area contributed by atoms with E-state index in [0.29, 0.717) is 12.1 Å². The second-order valence-corrected chi connectivity index (χ2v) is 5.69. The molecule has 118 valence electrons. The molecular formula is C17H17N3O3. The number of carbonyl (C=O) groups excluding carboxylic acids is 3. The van der Waals surface area contributed by atoms with E-state index >= 15 is 0 Å². The molecule has 1 fully saturated rings. The summed E-state index contributed by atoms with van der Waals surface area (Å²) in [6, 6.07) is 11.3. The van der Waals surface area contributed by atoms with Crippen LogP contribution in [0.5, 0.6) is 0 Å². The van der Waals surface area contributed by atoms with Crippen LogP contribution in [0.15, 0.2) is 36.4 Å². The average molecular weight is 311 g/mol. The van der Waals surface area contributed by atoms with Gasteiger partial charge in [-0.3, -0.25) is 19.7 Å². The molecule has 0 aliphatic carbocycles. The molecular weight excluding hydrogens is 294 g/mol. The number of nitrogens with one attached hydrogen (secondary N) is 1. The number of hydrogen-bond acceptors (Lipinski definition) is 4.